The average Bonchev–Trinajstić information content (AvgIpc) is 3.06. The molecule has 0 aliphatic carbocycles. The minimum atomic E-state index is -0.0712. The summed E-state index contributed by atoms with van der Waals surface area (Å²) in [5.74, 6) is -0.0712. The van der Waals surface area contributed by atoms with Gasteiger partial charge in [0.2, 0.25) is 0 Å². The molecule has 4 rings (SSSR count). The largest absolute Gasteiger partial charge is 0.397 e. The highest BCUT2D eigenvalue weighted by Gasteiger charge is 2.24. The van der Waals surface area contributed by atoms with Gasteiger partial charge < -0.3 is 19.8 Å². The van der Waals surface area contributed by atoms with Crippen LogP contribution < -0.4 is 11.3 Å². The zero-order chi connectivity index (χ0) is 26.0. The van der Waals surface area contributed by atoms with Gasteiger partial charge in [0.05, 0.1) is 17.8 Å². The Labute approximate surface area is 212 Å². The summed E-state index contributed by atoms with van der Waals surface area (Å²) < 4.78 is 3.79. The number of aryl methyl sites for hydroxylation is 2. The fourth-order valence-corrected chi connectivity index (χ4v) is 4.73. The van der Waals surface area contributed by atoms with Crippen molar-refractivity contribution in [3.63, 3.8) is 0 Å². The van der Waals surface area contributed by atoms with Crippen LogP contribution in [0.5, 0.6) is 0 Å². The number of rotatable bonds is 7. The Hall–Kier alpha value is -4.06. The topological polar surface area (TPSA) is 73.3 Å². The third-order valence-electron chi connectivity index (χ3n) is 7.05. The van der Waals surface area contributed by atoms with Crippen molar-refractivity contribution in [1.82, 2.24) is 14.0 Å². The Morgan fingerprint density at radius 2 is 1.44 bits per heavy atom. The number of carbonyl (C=O) groups is 1. The number of amides is 1. The molecule has 0 unspecified atom stereocenters. The molecule has 2 aromatic carbocycles. The quantitative estimate of drug-likeness (QED) is 0.410. The monoisotopic (exact) mass is 482 g/mol. The van der Waals surface area contributed by atoms with Crippen molar-refractivity contribution < 1.29 is 4.79 Å². The zero-order valence-electron chi connectivity index (χ0n) is 21.7. The Morgan fingerprint density at radius 1 is 0.833 bits per heavy atom. The van der Waals surface area contributed by atoms with Gasteiger partial charge in [0.15, 0.2) is 0 Å². The van der Waals surface area contributed by atoms with Crippen LogP contribution in [0.15, 0.2) is 71.7 Å². The molecule has 0 aliphatic rings. The molecule has 0 radical (unpaired) electrons. The van der Waals surface area contributed by atoms with Crippen molar-refractivity contribution in [1.29, 1.82) is 0 Å². The maximum atomic E-state index is 13.5. The van der Waals surface area contributed by atoms with E-state index in [4.69, 9.17) is 5.73 Å². The molecule has 0 saturated heterocycles. The van der Waals surface area contributed by atoms with Crippen LogP contribution >= 0.6 is 0 Å². The molecule has 2 heterocycles. The number of nitrogen functional groups attached to an aromatic ring is 1. The molecule has 6 heteroatoms. The minimum absolute atomic E-state index is 0.0182. The molecule has 2 aromatic heterocycles. The lowest BCUT2D eigenvalue weighted by molar-refractivity contribution is 0.0785. The number of anilines is 1. The fraction of sp³-hybridized carbons (Fsp3) is 0.267. The van der Waals surface area contributed by atoms with Crippen molar-refractivity contribution in [2.75, 3.05) is 12.8 Å². The number of nitrogens with zero attached hydrogens (tertiary/aromatic N) is 3. The van der Waals surface area contributed by atoms with E-state index in [0.717, 1.165) is 22.5 Å². The third-order valence-corrected chi connectivity index (χ3v) is 7.05. The van der Waals surface area contributed by atoms with Crippen LogP contribution in [0, 0.1) is 27.7 Å². The average molecular weight is 483 g/mol. The molecule has 0 aliphatic heterocycles. The molecular formula is C30H34N4O2. The van der Waals surface area contributed by atoms with Gasteiger partial charge >= 0.3 is 0 Å². The molecule has 0 saturated carbocycles. The first kappa shape index (κ1) is 25.0. The number of benzene rings is 2. The molecule has 0 fully saturated rings. The van der Waals surface area contributed by atoms with Crippen LogP contribution in [0.2, 0.25) is 0 Å². The molecular weight excluding hydrogens is 448 g/mol. The third kappa shape index (κ3) is 4.98. The van der Waals surface area contributed by atoms with E-state index in [1.54, 1.807) is 27.8 Å². The van der Waals surface area contributed by atoms with Gasteiger partial charge in [-0.2, -0.15) is 0 Å². The fourth-order valence-electron chi connectivity index (χ4n) is 4.73. The standard InChI is InChI=1S/C30H34N4O2/c1-20-9-8-10-21(2)26(20)19-32(5)30(36)28-22(3)34(23(4)29(28)31)18-25-14-12-24(13-15-25)17-33-16-7-6-11-27(33)35/h6-16H,17-19,31H2,1-5H3. The van der Waals surface area contributed by atoms with Crippen LogP contribution in [-0.4, -0.2) is 27.0 Å². The molecule has 6 nitrogen and oxygen atoms in total. The van der Waals surface area contributed by atoms with E-state index in [9.17, 15) is 9.59 Å². The minimum Gasteiger partial charge on any atom is -0.397 e. The molecule has 0 bridgehead atoms. The number of hydrogen-bond acceptors (Lipinski definition) is 3. The summed E-state index contributed by atoms with van der Waals surface area (Å²) in [5, 5.41) is 0. The predicted octanol–water partition coefficient (Wildman–Crippen LogP) is 4.83. The lowest BCUT2D eigenvalue weighted by Gasteiger charge is -2.20. The van der Waals surface area contributed by atoms with E-state index in [1.807, 2.05) is 45.2 Å². The van der Waals surface area contributed by atoms with Gasteiger partial charge in [0, 0.05) is 43.8 Å². The van der Waals surface area contributed by atoms with Crippen molar-refractivity contribution >= 4 is 11.6 Å². The predicted molar refractivity (Wildman–Crippen MR) is 145 cm³/mol. The van der Waals surface area contributed by atoms with Crippen LogP contribution in [0.3, 0.4) is 0 Å². The summed E-state index contributed by atoms with van der Waals surface area (Å²) in [4.78, 5) is 27.2. The first-order chi connectivity index (χ1) is 17.2. The van der Waals surface area contributed by atoms with Gasteiger partial charge in [-0.05, 0) is 61.6 Å². The molecule has 0 spiro atoms. The number of nitrogens with two attached hydrogens (primary N) is 1. The van der Waals surface area contributed by atoms with Crippen LogP contribution in [-0.2, 0) is 19.6 Å². The Balaban J connectivity index is 1.53. The first-order valence-electron chi connectivity index (χ1n) is 12.2. The summed E-state index contributed by atoms with van der Waals surface area (Å²) in [5.41, 5.74) is 15.0. The van der Waals surface area contributed by atoms with Crippen molar-refractivity contribution in [2.45, 2.75) is 47.3 Å². The van der Waals surface area contributed by atoms with Gasteiger partial charge in [-0.25, -0.2) is 0 Å². The summed E-state index contributed by atoms with van der Waals surface area (Å²) in [6.45, 7) is 9.74. The summed E-state index contributed by atoms with van der Waals surface area (Å²) in [6, 6.07) is 19.6. The number of carbonyl (C=O) groups excluding carboxylic acids is 1. The number of aromatic nitrogens is 2. The maximum absolute atomic E-state index is 13.5. The Kier molecular flexibility index (Phi) is 7.15. The highest BCUT2D eigenvalue weighted by Crippen LogP contribution is 2.28. The van der Waals surface area contributed by atoms with Crippen molar-refractivity contribution in [3.8, 4) is 0 Å². The van der Waals surface area contributed by atoms with Crippen LogP contribution in [0.4, 0.5) is 5.69 Å². The highest BCUT2D eigenvalue weighted by molar-refractivity contribution is 6.01. The van der Waals surface area contributed by atoms with E-state index >= 15 is 0 Å². The number of pyridine rings is 1. The van der Waals surface area contributed by atoms with Gasteiger partial charge in [0.1, 0.15) is 0 Å². The summed E-state index contributed by atoms with van der Waals surface area (Å²) in [6.07, 6.45) is 1.79. The SMILES string of the molecule is Cc1cccc(C)c1CN(C)C(=O)c1c(N)c(C)n(Cc2ccc(Cn3ccccc3=O)cc2)c1C. The summed E-state index contributed by atoms with van der Waals surface area (Å²) in [7, 11) is 1.83. The van der Waals surface area contributed by atoms with E-state index in [-0.39, 0.29) is 11.5 Å². The zero-order valence-corrected chi connectivity index (χ0v) is 21.7. The van der Waals surface area contributed by atoms with Gasteiger partial charge in [-0.1, -0.05) is 48.5 Å². The van der Waals surface area contributed by atoms with Gasteiger partial charge in [-0.15, -0.1) is 0 Å². The van der Waals surface area contributed by atoms with Crippen LogP contribution in [0.1, 0.15) is 49.6 Å². The normalized spacial score (nSPS) is 11.0. The molecule has 4 aromatic rings. The van der Waals surface area contributed by atoms with Crippen molar-refractivity contribution in [3.05, 3.63) is 122 Å². The molecule has 186 valence electrons. The second-order valence-electron chi connectivity index (χ2n) is 9.56. The first-order valence-corrected chi connectivity index (χ1v) is 12.2. The van der Waals surface area contributed by atoms with Gasteiger partial charge in [-0.3, -0.25) is 9.59 Å². The highest BCUT2D eigenvalue weighted by atomic mass is 16.2. The molecule has 0 atom stereocenters. The smallest absolute Gasteiger partial charge is 0.257 e. The molecule has 36 heavy (non-hydrogen) atoms. The van der Waals surface area contributed by atoms with Gasteiger partial charge in [0.25, 0.3) is 11.5 Å². The van der Waals surface area contributed by atoms with E-state index in [1.165, 1.54) is 16.7 Å². The lowest BCUT2D eigenvalue weighted by Crippen LogP contribution is -2.28. The Bertz CT molecular complexity index is 1440. The van der Waals surface area contributed by atoms with E-state index < -0.39 is 0 Å². The van der Waals surface area contributed by atoms with Crippen molar-refractivity contribution in [2.24, 2.45) is 0 Å². The van der Waals surface area contributed by atoms with E-state index in [0.29, 0.717) is 30.9 Å². The lowest BCUT2D eigenvalue weighted by atomic mass is 10.0. The number of hydrogen-bond donors (Lipinski definition) is 1. The summed E-state index contributed by atoms with van der Waals surface area (Å²) >= 11 is 0. The molecule has 2 N–H and O–H groups in total. The second-order valence-corrected chi connectivity index (χ2v) is 9.56. The van der Waals surface area contributed by atoms with E-state index in [2.05, 4.69) is 42.7 Å². The van der Waals surface area contributed by atoms with Crippen LogP contribution in [0.25, 0.3) is 0 Å². The maximum Gasteiger partial charge on any atom is 0.257 e. The second kappa shape index (κ2) is 10.3. The Morgan fingerprint density at radius 3 is 2.06 bits per heavy atom. The molecule has 1 amide bonds.